The van der Waals surface area contributed by atoms with E-state index in [0.717, 1.165) is 6.42 Å². The molecule has 0 unspecified atom stereocenters. The average molecular weight is 233 g/mol. The van der Waals surface area contributed by atoms with Gasteiger partial charge in [0.15, 0.2) is 0 Å². The van der Waals surface area contributed by atoms with Gasteiger partial charge in [-0.3, -0.25) is 0 Å². The van der Waals surface area contributed by atoms with Crippen molar-refractivity contribution in [3.05, 3.63) is 34.4 Å². The fourth-order valence-electron chi connectivity index (χ4n) is 2.68. The van der Waals surface area contributed by atoms with Gasteiger partial charge in [0.25, 0.3) is 0 Å². The Hall–Kier alpha value is -0.480. The molecule has 0 atom stereocenters. The van der Waals surface area contributed by atoms with Crippen LogP contribution in [0.4, 0.5) is 0 Å². The Labute approximate surface area is 101 Å². The molecule has 88 valence electrons. The lowest BCUT2D eigenvalue weighted by atomic mass is 9.84. The van der Waals surface area contributed by atoms with E-state index >= 15 is 0 Å². The highest BCUT2D eigenvalue weighted by molar-refractivity contribution is 7.32. The highest BCUT2D eigenvalue weighted by Gasteiger charge is 2.18. The van der Waals surface area contributed by atoms with Crippen molar-refractivity contribution in [2.24, 2.45) is 0 Å². The molecule has 16 heavy (non-hydrogen) atoms. The largest absolute Gasteiger partial charge is 0.523 e. The fourth-order valence-corrected chi connectivity index (χ4v) is 4.27. The summed E-state index contributed by atoms with van der Waals surface area (Å²) in [6.07, 6.45) is 8.54. The molecule has 0 amide bonds. The van der Waals surface area contributed by atoms with Crippen molar-refractivity contribution >= 4 is 8.19 Å². The van der Waals surface area contributed by atoms with Crippen LogP contribution in [0.1, 0.15) is 55.3 Å². The Balaban J connectivity index is 2.50. The maximum atomic E-state index is 3.89. The van der Waals surface area contributed by atoms with Crippen LogP contribution in [0, 0.1) is 0 Å². The van der Waals surface area contributed by atoms with E-state index in [2.05, 4.69) is 33.4 Å². The van der Waals surface area contributed by atoms with E-state index in [-0.39, 0.29) is 0 Å². The molecule has 0 radical (unpaired) electrons. The third kappa shape index (κ3) is 2.13. The maximum Gasteiger partial charge on any atom is -0.0300 e. The minimum Gasteiger partial charge on any atom is -0.523 e. The first-order valence-corrected chi connectivity index (χ1v) is 7.22. The molecular formula is C15H22P-. The Kier molecular flexibility index (Phi) is 3.31. The molecular weight excluding hydrogens is 211 g/mol. The van der Waals surface area contributed by atoms with Gasteiger partial charge < -0.3 is 8.19 Å². The second-order valence-electron chi connectivity index (χ2n) is 5.81. The quantitative estimate of drug-likeness (QED) is 0.638. The van der Waals surface area contributed by atoms with Crippen LogP contribution in [0.2, 0.25) is 0 Å². The van der Waals surface area contributed by atoms with E-state index in [1.54, 1.807) is 21.7 Å². The van der Waals surface area contributed by atoms with Gasteiger partial charge in [-0.25, -0.2) is 5.30 Å². The van der Waals surface area contributed by atoms with Gasteiger partial charge in [0.2, 0.25) is 0 Å². The second-order valence-corrected chi connectivity index (χ2v) is 7.02. The molecule has 2 rings (SSSR count). The summed E-state index contributed by atoms with van der Waals surface area (Å²) in [4.78, 5) is 0. The van der Waals surface area contributed by atoms with Gasteiger partial charge in [-0.15, -0.1) is 6.58 Å². The Morgan fingerprint density at radius 1 is 1.19 bits per heavy atom. The summed E-state index contributed by atoms with van der Waals surface area (Å²) in [6, 6.07) is 0. The van der Waals surface area contributed by atoms with Crippen LogP contribution in [0.5, 0.6) is 0 Å². The molecule has 0 bridgehead atoms. The lowest BCUT2D eigenvalue weighted by Crippen LogP contribution is -2.13. The van der Waals surface area contributed by atoms with Gasteiger partial charge >= 0.3 is 0 Å². The summed E-state index contributed by atoms with van der Waals surface area (Å²) >= 11 is 0. The molecule has 1 heterocycles. The highest BCUT2D eigenvalue weighted by atomic mass is 31.0. The predicted octanol–water partition coefficient (Wildman–Crippen LogP) is 4.89. The summed E-state index contributed by atoms with van der Waals surface area (Å²) in [7, 11) is 1.49. The van der Waals surface area contributed by atoms with E-state index in [1.165, 1.54) is 33.9 Å². The first-order valence-electron chi connectivity index (χ1n) is 6.32. The summed E-state index contributed by atoms with van der Waals surface area (Å²) in [5.74, 6) is 0. The lowest BCUT2D eigenvalue weighted by Gasteiger charge is -2.29. The van der Waals surface area contributed by atoms with Crippen LogP contribution < -0.4 is 0 Å². The van der Waals surface area contributed by atoms with Crippen LogP contribution in [0.15, 0.2) is 12.7 Å². The van der Waals surface area contributed by atoms with Crippen LogP contribution >= 0.6 is 8.19 Å². The van der Waals surface area contributed by atoms with Gasteiger partial charge in [0.1, 0.15) is 0 Å². The van der Waals surface area contributed by atoms with Crippen molar-refractivity contribution < 1.29 is 0 Å². The van der Waals surface area contributed by atoms with E-state index in [0.29, 0.717) is 5.41 Å². The van der Waals surface area contributed by atoms with Crippen LogP contribution in [-0.4, -0.2) is 0 Å². The normalized spacial score (nSPS) is 16.4. The Morgan fingerprint density at radius 3 is 2.38 bits per heavy atom. The zero-order valence-corrected chi connectivity index (χ0v) is 11.7. The average Bonchev–Trinajstić information content (AvgIpc) is 2.58. The maximum absolute atomic E-state index is 3.89. The van der Waals surface area contributed by atoms with Crippen molar-refractivity contribution in [1.29, 1.82) is 0 Å². The zero-order chi connectivity index (χ0) is 11.8. The molecule has 1 aromatic rings. The Morgan fingerprint density at radius 2 is 1.81 bits per heavy atom. The third-order valence-corrected chi connectivity index (χ3v) is 5.28. The Bertz CT molecular complexity index is 390. The smallest absolute Gasteiger partial charge is 0.0300 e. The molecule has 0 spiro atoms. The monoisotopic (exact) mass is 233 g/mol. The molecule has 0 nitrogen and oxygen atoms in total. The molecule has 0 N–H and O–H groups in total. The van der Waals surface area contributed by atoms with Crippen molar-refractivity contribution in [2.45, 2.75) is 58.3 Å². The molecule has 0 fully saturated rings. The van der Waals surface area contributed by atoms with Crippen molar-refractivity contribution in [2.75, 3.05) is 0 Å². The van der Waals surface area contributed by atoms with Crippen molar-refractivity contribution in [1.82, 2.24) is 0 Å². The molecule has 1 aliphatic carbocycles. The summed E-state index contributed by atoms with van der Waals surface area (Å²) in [5, 5.41) is 3.31. The molecule has 0 saturated heterocycles. The van der Waals surface area contributed by atoms with Gasteiger partial charge in [0.05, 0.1) is 0 Å². The minimum atomic E-state index is 0.336. The minimum absolute atomic E-state index is 0.336. The number of hydrogen-bond acceptors (Lipinski definition) is 0. The summed E-state index contributed by atoms with van der Waals surface area (Å²) in [5.41, 5.74) is 3.73. The second kappa shape index (κ2) is 4.41. The molecule has 1 aliphatic rings. The third-order valence-electron chi connectivity index (χ3n) is 3.40. The van der Waals surface area contributed by atoms with Crippen LogP contribution in [0.3, 0.4) is 0 Å². The molecule has 0 saturated carbocycles. The lowest BCUT2D eigenvalue weighted by molar-refractivity contribution is 0.584. The van der Waals surface area contributed by atoms with E-state index in [9.17, 15) is 0 Å². The molecule has 0 aliphatic heterocycles. The van der Waals surface area contributed by atoms with E-state index in [1.807, 2.05) is 0 Å². The van der Waals surface area contributed by atoms with E-state index in [4.69, 9.17) is 0 Å². The van der Waals surface area contributed by atoms with Gasteiger partial charge in [0, 0.05) is 0 Å². The van der Waals surface area contributed by atoms with Crippen molar-refractivity contribution in [3.8, 4) is 0 Å². The fraction of sp³-hybridized carbons (Fsp3) is 0.600. The summed E-state index contributed by atoms with van der Waals surface area (Å²) in [6.45, 7) is 10.9. The first-order chi connectivity index (χ1) is 7.54. The molecule has 1 aromatic heterocycles. The predicted molar refractivity (Wildman–Crippen MR) is 73.8 cm³/mol. The topological polar surface area (TPSA) is 0 Å². The molecule has 0 aromatic carbocycles. The summed E-state index contributed by atoms with van der Waals surface area (Å²) < 4.78 is 0. The number of hydrogen-bond donors (Lipinski definition) is 0. The standard InChI is InChI=1S/C15H22P/c1-5-8-13-11-9-6-7-10-12(11)14(16-13)15(2,3)4/h5H,1,6-10H2,2-4H3/q-1. The molecule has 1 heteroatoms. The number of rotatable bonds is 2. The van der Waals surface area contributed by atoms with Crippen LogP contribution in [0.25, 0.3) is 0 Å². The zero-order valence-electron chi connectivity index (χ0n) is 10.8. The van der Waals surface area contributed by atoms with E-state index < -0.39 is 0 Å². The van der Waals surface area contributed by atoms with Crippen LogP contribution in [-0.2, 0) is 24.7 Å². The number of fused-ring (bicyclic) bond motifs is 1. The number of allylic oxidation sites excluding steroid dienone is 1. The van der Waals surface area contributed by atoms with Gasteiger partial charge in [-0.2, -0.15) is 5.30 Å². The van der Waals surface area contributed by atoms with Gasteiger partial charge in [-0.05, 0) is 37.5 Å². The van der Waals surface area contributed by atoms with Crippen molar-refractivity contribution in [3.63, 3.8) is 0 Å². The van der Waals surface area contributed by atoms with Gasteiger partial charge in [-0.1, -0.05) is 38.0 Å². The SMILES string of the molecule is C=CCc1[p-]c(C(C)(C)C)c2c1CCCC2. The highest BCUT2D eigenvalue weighted by Crippen LogP contribution is 2.44. The first kappa shape index (κ1) is 12.0.